The number of carbonyl (C=O) groups excluding carboxylic acids is 1. The van der Waals surface area contributed by atoms with E-state index < -0.39 is 18.6 Å². The molecular formula is C16H18F2N2O4S. The summed E-state index contributed by atoms with van der Waals surface area (Å²) in [4.78, 5) is 12.1. The van der Waals surface area contributed by atoms with Crippen LogP contribution in [-0.2, 0) is 9.53 Å². The average Bonchev–Trinajstić information content (AvgIpc) is 2.55. The number of hydrogen-bond acceptors (Lipinski definition) is 5. The second-order valence-electron chi connectivity index (χ2n) is 5.08. The summed E-state index contributed by atoms with van der Waals surface area (Å²) >= 11 is 5.14. The molecule has 1 aromatic rings. The van der Waals surface area contributed by atoms with Crippen molar-refractivity contribution >= 4 is 23.3 Å². The van der Waals surface area contributed by atoms with Crippen LogP contribution in [0, 0.1) is 0 Å². The molecule has 1 heterocycles. The molecular weight excluding hydrogens is 354 g/mol. The number of alkyl halides is 2. The molecule has 0 saturated carbocycles. The number of ether oxygens (including phenoxy) is 3. The quantitative estimate of drug-likeness (QED) is 0.588. The van der Waals surface area contributed by atoms with Crippen LogP contribution in [-0.4, -0.2) is 31.4 Å². The number of hydrogen-bond donors (Lipinski definition) is 2. The van der Waals surface area contributed by atoms with Crippen LogP contribution >= 0.6 is 12.2 Å². The SMILES string of the molecule is CCOc1cc([C@@H]2NC(=S)NC(C)=C2C(=O)OC)ccc1OC(F)F. The molecule has 6 nitrogen and oxygen atoms in total. The summed E-state index contributed by atoms with van der Waals surface area (Å²) in [6.45, 7) is 0.715. The third kappa shape index (κ3) is 4.36. The predicted octanol–water partition coefficient (Wildman–Crippen LogP) is 2.65. The summed E-state index contributed by atoms with van der Waals surface area (Å²) in [5.74, 6) is -0.471. The van der Waals surface area contributed by atoms with E-state index in [1.807, 2.05) is 0 Å². The first kappa shape index (κ1) is 18.9. The number of rotatable bonds is 6. The summed E-state index contributed by atoms with van der Waals surface area (Å²) in [6, 6.07) is 3.84. The molecule has 2 N–H and O–H groups in total. The Balaban J connectivity index is 2.47. The summed E-state index contributed by atoms with van der Waals surface area (Å²) < 4.78 is 39.7. The van der Waals surface area contributed by atoms with Gasteiger partial charge in [0.25, 0.3) is 0 Å². The van der Waals surface area contributed by atoms with E-state index >= 15 is 0 Å². The molecule has 0 spiro atoms. The predicted molar refractivity (Wildman–Crippen MR) is 90.6 cm³/mol. The normalized spacial score (nSPS) is 17.0. The van der Waals surface area contributed by atoms with Crippen molar-refractivity contribution in [2.24, 2.45) is 0 Å². The van der Waals surface area contributed by atoms with Gasteiger partial charge in [-0.25, -0.2) is 4.79 Å². The van der Waals surface area contributed by atoms with Gasteiger partial charge in [-0.05, 0) is 43.8 Å². The van der Waals surface area contributed by atoms with Crippen LogP contribution in [0.2, 0.25) is 0 Å². The maximum Gasteiger partial charge on any atom is 0.387 e. The van der Waals surface area contributed by atoms with E-state index in [2.05, 4.69) is 15.4 Å². The van der Waals surface area contributed by atoms with E-state index in [4.69, 9.17) is 21.7 Å². The zero-order valence-electron chi connectivity index (χ0n) is 13.9. The van der Waals surface area contributed by atoms with Crippen LogP contribution in [0.15, 0.2) is 29.5 Å². The van der Waals surface area contributed by atoms with Crippen LogP contribution in [0.3, 0.4) is 0 Å². The summed E-state index contributed by atoms with van der Waals surface area (Å²) in [7, 11) is 1.28. The molecule has 136 valence electrons. The lowest BCUT2D eigenvalue weighted by Crippen LogP contribution is -2.45. The highest BCUT2D eigenvalue weighted by Crippen LogP contribution is 2.35. The van der Waals surface area contributed by atoms with Crippen molar-refractivity contribution in [2.75, 3.05) is 13.7 Å². The molecule has 0 aliphatic carbocycles. The topological polar surface area (TPSA) is 68.8 Å². The number of esters is 1. The lowest BCUT2D eigenvalue weighted by atomic mass is 9.95. The van der Waals surface area contributed by atoms with Crippen molar-refractivity contribution < 1.29 is 27.8 Å². The van der Waals surface area contributed by atoms with Crippen LogP contribution in [0.1, 0.15) is 25.5 Å². The van der Waals surface area contributed by atoms with Crippen molar-refractivity contribution in [1.82, 2.24) is 10.6 Å². The summed E-state index contributed by atoms with van der Waals surface area (Å²) in [6.07, 6.45) is 0. The smallest absolute Gasteiger partial charge is 0.387 e. The van der Waals surface area contributed by atoms with Gasteiger partial charge in [0.15, 0.2) is 16.6 Å². The van der Waals surface area contributed by atoms with Crippen LogP contribution in [0.25, 0.3) is 0 Å². The largest absolute Gasteiger partial charge is 0.490 e. The molecule has 0 bridgehead atoms. The number of thiocarbonyl (C=S) groups is 1. The highest BCUT2D eigenvalue weighted by atomic mass is 32.1. The van der Waals surface area contributed by atoms with Crippen LogP contribution in [0.5, 0.6) is 11.5 Å². The van der Waals surface area contributed by atoms with Gasteiger partial charge in [-0.2, -0.15) is 8.78 Å². The maximum absolute atomic E-state index is 12.5. The molecule has 1 aliphatic rings. The minimum atomic E-state index is -2.97. The lowest BCUT2D eigenvalue weighted by molar-refractivity contribution is -0.136. The second-order valence-corrected chi connectivity index (χ2v) is 5.49. The monoisotopic (exact) mass is 372 g/mol. The number of carbonyl (C=O) groups is 1. The first-order valence-corrected chi connectivity index (χ1v) is 7.86. The number of nitrogens with one attached hydrogen (secondary N) is 2. The first-order chi connectivity index (χ1) is 11.9. The fourth-order valence-electron chi connectivity index (χ4n) is 2.49. The van der Waals surface area contributed by atoms with Gasteiger partial charge in [0, 0.05) is 5.70 Å². The van der Waals surface area contributed by atoms with E-state index in [-0.39, 0.29) is 18.1 Å². The van der Waals surface area contributed by atoms with Gasteiger partial charge in [-0.1, -0.05) is 6.07 Å². The van der Waals surface area contributed by atoms with E-state index in [1.54, 1.807) is 19.9 Å². The summed E-state index contributed by atoms with van der Waals surface area (Å²) in [5.41, 5.74) is 1.47. The van der Waals surface area contributed by atoms with Gasteiger partial charge in [0.2, 0.25) is 0 Å². The molecule has 0 amide bonds. The number of benzene rings is 1. The Morgan fingerprint density at radius 1 is 1.36 bits per heavy atom. The number of methoxy groups -OCH3 is 1. The highest BCUT2D eigenvalue weighted by Gasteiger charge is 2.31. The van der Waals surface area contributed by atoms with Gasteiger partial charge in [-0.15, -0.1) is 0 Å². The molecule has 1 aliphatic heterocycles. The fraction of sp³-hybridized carbons (Fsp3) is 0.375. The van der Waals surface area contributed by atoms with Crippen molar-refractivity contribution in [2.45, 2.75) is 26.5 Å². The Morgan fingerprint density at radius 2 is 2.08 bits per heavy atom. The van der Waals surface area contributed by atoms with Crippen molar-refractivity contribution in [3.8, 4) is 11.5 Å². The van der Waals surface area contributed by atoms with Crippen molar-refractivity contribution in [3.63, 3.8) is 0 Å². The Morgan fingerprint density at radius 3 is 2.68 bits per heavy atom. The minimum Gasteiger partial charge on any atom is -0.490 e. The Hall–Kier alpha value is -2.42. The zero-order chi connectivity index (χ0) is 18.6. The van der Waals surface area contributed by atoms with E-state index in [1.165, 1.54) is 19.2 Å². The third-order valence-corrected chi connectivity index (χ3v) is 3.71. The molecule has 0 saturated heterocycles. The van der Waals surface area contributed by atoms with Gasteiger partial charge < -0.3 is 24.8 Å². The second kappa shape index (κ2) is 8.11. The molecule has 1 aromatic carbocycles. The maximum atomic E-state index is 12.5. The van der Waals surface area contributed by atoms with Crippen molar-refractivity contribution in [3.05, 3.63) is 35.0 Å². The standard InChI is InChI=1S/C16H18F2N2O4S/c1-4-23-11-7-9(5-6-10(11)24-15(17)18)13-12(14(21)22-3)8(2)19-16(25)20-13/h5-7,13,15H,4H2,1-3H3,(H2,19,20,25)/t13-/m0/s1. The first-order valence-electron chi connectivity index (χ1n) is 7.45. The van der Waals surface area contributed by atoms with Gasteiger partial charge in [0.1, 0.15) is 0 Å². The molecule has 0 unspecified atom stereocenters. The van der Waals surface area contributed by atoms with E-state index in [9.17, 15) is 13.6 Å². The number of allylic oxidation sites excluding steroid dienone is 1. The molecule has 9 heteroatoms. The molecule has 2 rings (SSSR count). The summed E-state index contributed by atoms with van der Waals surface area (Å²) in [5, 5.41) is 6.17. The van der Waals surface area contributed by atoms with E-state index in [0.29, 0.717) is 21.9 Å². The van der Waals surface area contributed by atoms with Gasteiger partial charge in [0.05, 0.1) is 25.3 Å². The van der Waals surface area contributed by atoms with Crippen LogP contribution in [0.4, 0.5) is 8.78 Å². The van der Waals surface area contributed by atoms with E-state index in [0.717, 1.165) is 0 Å². The molecule has 0 fully saturated rings. The lowest BCUT2D eigenvalue weighted by Gasteiger charge is -2.30. The average molecular weight is 372 g/mol. The Labute approximate surface area is 149 Å². The molecule has 0 aromatic heterocycles. The van der Waals surface area contributed by atoms with Crippen LogP contribution < -0.4 is 20.1 Å². The van der Waals surface area contributed by atoms with Crippen molar-refractivity contribution in [1.29, 1.82) is 0 Å². The van der Waals surface area contributed by atoms with Gasteiger partial charge in [-0.3, -0.25) is 0 Å². The molecule has 25 heavy (non-hydrogen) atoms. The fourth-order valence-corrected chi connectivity index (χ4v) is 2.76. The highest BCUT2D eigenvalue weighted by molar-refractivity contribution is 7.80. The van der Waals surface area contributed by atoms with Gasteiger partial charge >= 0.3 is 12.6 Å². The zero-order valence-corrected chi connectivity index (χ0v) is 14.7. The minimum absolute atomic E-state index is 0.0857. The molecule has 1 atom stereocenters. The third-order valence-electron chi connectivity index (χ3n) is 3.49. The number of halogens is 2. The Bertz CT molecular complexity index is 709. The Kier molecular flexibility index (Phi) is 6.13. The molecule has 0 radical (unpaired) electrons.